The second kappa shape index (κ2) is 7.63. The summed E-state index contributed by atoms with van der Waals surface area (Å²) in [5.41, 5.74) is 2.53. The van der Waals surface area contributed by atoms with Crippen LogP contribution in [0.15, 0.2) is 60.8 Å². The zero-order valence-electron chi connectivity index (χ0n) is 13.8. The van der Waals surface area contributed by atoms with Crippen molar-refractivity contribution in [3.63, 3.8) is 0 Å². The van der Waals surface area contributed by atoms with Crippen LogP contribution in [0, 0.1) is 0 Å². The molecule has 1 atom stereocenters. The SMILES string of the molecule is COc1ccccc1-c1[nH]ncc1C(=O)NC(CO)c1ccccc1. The van der Waals surface area contributed by atoms with E-state index in [1.807, 2.05) is 54.6 Å². The molecule has 3 aromatic rings. The number of carbonyl (C=O) groups excluding carboxylic acids is 1. The van der Waals surface area contributed by atoms with Gasteiger partial charge in [0.1, 0.15) is 5.75 Å². The molecule has 6 heteroatoms. The molecule has 25 heavy (non-hydrogen) atoms. The van der Waals surface area contributed by atoms with Gasteiger partial charge in [0.05, 0.1) is 37.2 Å². The molecule has 1 heterocycles. The number of aromatic nitrogens is 2. The van der Waals surface area contributed by atoms with E-state index >= 15 is 0 Å². The molecule has 3 N–H and O–H groups in total. The highest BCUT2D eigenvalue weighted by atomic mass is 16.5. The number of methoxy groups -OCH3 is 1. The monoisotopic (exact) mass is 337 g/mol. The van der Waals surface area contributed by atoms with Crippen LogP contribution in [-0.2, 0) is 0 Å². The molecule has 0 aliphatic heterocycles. The van der Waals surface area contributed by atoms with Crippen molar-refractivity contribution in [2.75, 3.05) is 13.7 Å². The first-order chi connectivity index (χ1) is 12.2. The molecule has 0 radical (unpaired) electrons. The van der Waals surface area contributed by atoms with Gasteiger partial charge in [0, 0.05) is 5.56 Å². The van der Waals surface area contributed by atoms with Crippen LogP contribution >= 0.6 is 0 Å². The van der Waals surface area contributed by atoms with Crippen LogP contribution in [0.5, 0.6) is 5.75 Å². The normalized spacial score (nSPS) is 11.8. The van der Waals surface area contributed by atoms with Gasteiger partial charge in [-0.2, -0.15) is 5.10 Å². The highest BCUT2D eigenvalue weighted by molar-refractivity contribution is 6.00. The smallest absolute Gasteiger partial charge is 0.255 e. The minimum Gasteiger partial charge on any atom is -0.496 e. The van der Waals surface area contributed by atoms with E-state index in [1.165, 1.54) is 6.20 Å². The first kappa shape index (κ1) is 16.7. The summed E-state index contributed by atoms with van der Waals surface area (Å²) in [7, 11) is 1.58. The molecule has 0 saturated carbocycles. The quantitative estimate of drug-likeness (QED) is 0.645. The van der Waals surface area contributed by atoms with E-state index in [9.17, 15) is 9.90 Å². The van der Waals surface area contributed by atoms with E-state index in [1.54, 1.807) is 7.11 Å². The Morgan fingerprint density at radius 3 is 2.64 bits per heavy atom. The predicted molar refractivity (Wildman–Crippen MR) is 94.3 cm³/mol. The lowest BCUT2D eigenvalue weighted by atomic mass is 10.0. The fraction of sp³-hybridized carbons (Fsp3) is 0.158. The molecule has 1 aromatic heterocycles. The van der Waals surface area contributed by atoms with E-state index in [-0.39, 0.29) is 12.5 Å². The molecule has 128 valence electrons. The Hall–Kier alpha value is -3.12. The van der Waals surface area contributed by atoms with Crippen molar-refractivity contribution in [2.45, 2.75) is 6.04 Å². The molecule has 0 aliphatic carbocycles. The first-order valence-electron chi connectivity index (χ1n) is 7.88. The van der Waals surface area contributed by atoms with Gasteiger partial charge >= 0.3 is 0 Å². The van der Waals surface area contributed by atoms with Crippen molar-refractivity contribution in [3.8, 4) is 17.0 Å². The number of aromatic amines is 1. The maximum absolute atomic E-state index is 12.7. The molecule has 2 aromatic carbocycles. The first-order valence-corrected chi connectivity index (χ1v) is 7.88. The molecule has 1 unspecified atom stereocenters. The average molecular weight is 337 g/mol. The zero-order valence-corrected chi connectivity index (χ0v) is 13.8. The van der Waals surface area contributed by atoms with Crippen LogP contribution < -0.4 is 10.1 Å². The van der Waals surface area contributed by atoms with Crippen LogP contribution in [0.1, 0.15) is 22.0 Å². The van der Waals surface area contributed by atoms with Gasteiger partial charge < -0.3 is 15.2 Å². The molecular weight excluding hydrogens is 318 g/mol. The van der Waals surface area contributed by atoms with Crippen LogP contribution in [0.4, 0.5) is 0 Å². The lowest BCUT2D eigenvalue weighted by Crippen LogP contribution is -2.30. The van der Waals surface area contributed by atoms with Gasteiger partial charge in [0.15, 0.2) is 0 Å². The Balaban J connectivity index is 1.88. The number of amides is 1. The van der Waals surface area contributed by atoms with Crippen molar-refractivity contribution in [1.29, 1.82) is 0 Å². The number of benzene rings is 2. The maximum atomic E-state index is 12.7. The largest absolute Gasteiger partial charge is 0.496 e. The number of nitrogens with one attached hydrogen (secondary N) is 2. The average Bonchev–Trinajstić information content (AvgIpc) is 3.16. The number of H-pyrrole nitrogens is 1. The Kier molecular flexibility index (Phi) is 5.11. The van der Waals surface area contributed by atoms with Crippen LogP contribution in [0.2, 0.25) is 0 Å². The van der Waals surface area contributed by atoms with Gasteiger partial charge in [-0.3, -0.25) is 9.89 Å². The van der Waals surface area contributed by atoms with Crippen LogP contribution in [0.25, 0.3) is 11.3 Å². The van der Waals surface area contributed by atoms with Gasteiger partial charge in [-0.05, 0) is 17.7 Å². The van der Waals surface area contributed by atoms with Crippen molar-refractivity contribution >= 4 is 5.91 Å². The molecule has 0 spiro atoms. The molecule has 6 nitrogen and oxygen atoms in total. The summed E-state index contributed by atoms with van der Waals surface area (Å²) in [6.45, 7) is -0.197. The summed E-state index contributed by atoms with van der Waals surface area (Å²) in [4.78, 5) is 12.7. The second-order valence-corrected chi connectivity index (χ2v) is 5.48. The van der Waals surface area contributed by atoms with E-state index < -0.39 is 6.04 Å². The number of hydrogen-bond donors (Lipinski definition) is 3. The third kappa shape index (κ3) is 3.54. The number of hydrogen-bond acceptors (Lipinski definition) is 4. The Morgan fingerprint density at radius 2 is 1.92 bits per heavy atom. The third-order valence-corrected chi connectivity index (χ3v) is 3.95. The van der Waals surface area contributed by atoms with E-state index in [0.29, 0.717) is 17.0 Å². The highest BCUT2D eigenvalue weighted by Crippen LogP contribution is 2.30. The molecule has 1 amide bonds. The lowest BCUT2D eigenvalue weighted by molar-refractivity contribution is 0.0917. The molecular formula is C19H19N3O3. The molecule has 0 fully saturated rings. The summed E-state index contributed by atoms with van der Waals surface area (Å²) in [6, 6.07) is 16.2. The number of para-hydroxylation sites is 1. The topological polar surface area (TPSA) is 87.2 Å². The lowest BCUT2D eigenvalue weighted by Gasteiger charge is -2.17. The zero-order chi connectivity index (χ0) is 17.6. The van der Waals surface area contributed by atoms with Crippen molar-refractivity contribution < 1.29 is 14.6 Å². The maximum Gasteiger partial charge on any atom is 0.255 e. The van der Waals surface area contributed by atoms with Crippen LogP contribution in [0.3, 0.4) is 0 Å². The Bertz CT molecular complexity index is 846. The van der Waals surface area contributed by atoms with Gasteiger partial charge in [0.25, 0.3) is 5.91 Å². The van der Waals surface area contributed by atoms with E-state index in [4.69, 9.17) is 4.74 Å². The number of ether oxygens (including phenoxy) is 1. The third-order valence-electron chi connectivity index (χ3n) is 3.95. The van der Waals surface area contributed by atoms with Crippen molar-refractivity contribution in [2.24, 2.45) is 0 Å². The van der Waals surface area contributed by atoms with Crippen molar-refractivity contribution in [1.82, 2.24) is 15.5 Å². The Morgan fingerprint density at radius 1 is 1.20 bits per heavy atom. The van der Waals surface area contributed by atoms with Crippen LogP contribution in [-0.4, -0.2) is 34.9 Å². The molecule has 0 bridgehead atoms. The fourth-order valence-corrected chi connectivity index (χ4v) is 2.67. The van der Waals surface area contributed by atoms with E-state index in [2.05, 4.69) is 15.5 Å². The standard InChI is InChI=1S/C19H19N3O3/c1-25-17-10-6-5-9-14(17)18-15(11-20-22-18)19(24)21-16(12-23)13-7-3-2-4-8-13/h2-11,16,23H,12H2,1H3,(H,20,22)(H,21,24). The molecule has 3 rings (SSSR count). The summed E-state index contributed by atoms with van der Waals surface area (Å²) in [5.74, 6) is 0.320. The molecule has 0 aliphatic rings. The number of aliphatic hydroxyl groups is 1. The summed E-state index contributed by atoms with van der Waals surface area (Å²) in [5, 5.41) is 19.3. The van der Waals surface area contributed by atoms with Crippen molar-refractivity contribution in [3.05, 3.63) is 71.9 Å². The summed E-state index contributed by atoms with van der Waals surface area (Å²) in [6.07, 6.45) is 1.47. The summed E-state index contributed by atoms with van der Waals surface area (Å²) < 4.78 is 5.36. The number of aliphatic hydroxyl groups excluding tert-OH is 1. The fourth-order valence-electron chi connectivity index (χ4n) is 2.67. The van der Waals surface area contributed by atoms with Gasteiger partial charge in [-0.1, -0.05) is 42.5 Å². The summed E-state index contributed by atoms with van der Waals surface area (Å²) >= 11 is 0. The van der Waals surface area contributed by atoms with Gasteiger partial charge in [-0.25, -0.2) is 0 Å². The number of nitrogens with zero attached hydrogens (tertiary/aromatic N) is 1. The minimum atomic E-state index is -0.492. The predicted octanol–water partition coefficient (Wildman–Crippen LogP) is 2.55. The number of carbonyl (C=O) groups is 1. The van der Waals surface area contributed by atoms with E-state index in [0.717, 1.165) is 11.1 Å². The number of rotatable bonds is 6. The second-order valence-electron chi connectivity index (χ2n) is 5.48. The Labute approximate surface area is 145 Å². The molecule has 0 saturated heterocycles. The van der Waals surface area contributed by atoms with Gasteiger partial charge in [-0.15, -0.1) is 0 Å². The minimum absolute atomic E-state index is 0.197. The van der Waals surface area contributed by atoms with Gasteiger partial charge in [0.2, 0.25) is 0 Å². The highest BCUT2D eigenvalue weighted by Gasteiger charge is 2.21.